The molecule has 1 aliphatic rings. The number of aryl methyl sites for hydroxylation is 1. The third-order valence-electron chi connectivity index (χ3n) is 4.15. The summed E-state index contributed by atoms with van der Waals surface area (Å²) in [7, 11) is 0. The molecule has 1 aliphatic carbocycles. The van der Waals surface area contributed by atoms with Crippen molar-refractivity contribution in [2.75, 3.05) is 6.54 Å². The zero-order chi connectivity index (χ0) is 14.2. The smallest absolute Gasteiger partial charge is 0.0940 e. The van der Waals surface area contributed by atoms with E-state index in [2.05, 4.69) is 60.7 Å². The van der Waals surface area contributed by atoms with E-state index in [4.69, 9.17) is 0 Å². The SMILES string of the molecule is Cc1csc(CCNC2c3ccccc3CC2(C)C)n1. The number of hydrogen-bond donors (Lipinski definition) is 1. The van der Waals surface area contributed by atoms with Gasteiger partial charge in [-0.1, -0.05) is 38.1 Å². The van der Waals surface area contributed by atoms with Gasteiger partial charge in [0.05, 0.1) is 5.01 Å². The number of nitrogens with one attached hydrogen (secondary N) is 1. The molecule has 3 heteroatoms. The Balaban J connectivity index is 1.67. The Hall–Kier alpha value is -1.19. The van der Waals surface area contributed by atoms with Gasteiger partial charge in [-0.05, 0) is 29.9 Å². The van der Waals surface area contributed by atoms with Crippen LogP contribution in [0.15, 0.2) is 29.6 Å². The molecule has 0 aliphatic heterocycles. The average Bonchev–Trinajstić information content (AvgIpc) is 2.91. The van der Waals surface area contributed by atoms with Gasteiger partial charge >= 0.3 is 0 Å². The quantitative estimate of drug-likeness (QED) is 0.922. The van der Waals surface area contributed by atoms with Crippen molar-refractivity contribution in [3.05, 3.63) is 51.5 Å². The van der Waals surface area contributed by atoms with Crippen LogP contribution in [0.3, 0.4) is 0 Å². The molecule has 0 amide bonds. The van der Waals surface area contributed by atoms with Crippen molar-refractivity contribution >= 4 is 11.3 Å². The van der Waals surface area contributed by atoms with Gasteiger partial charge in [-0.3, -0.25) is 0 Å². The molecule has 1 heterocycles. The van der Waals surface area contributed by atoms with Gasteiger partial charge in [-0.2, -0.15) is 0 Å². The summed E-state index contributed by atoms with van der Waals surface area (Å²) in [5.41, 5.74) is 4.41. The monoisotopic (exact) mass is 286 g/mol. The molecule has 1 aromatic carbocycles. The minimum absolute atomic E-state index is 0.294. The summed E-state index contributed by atoms with van der Waals surface area (Å²) in [5.74, 6) is 0. The molecule has 0 spiro atoms. The number of thiazole rings is 1. The molecule has 1 N–H and O–H groups in total. The first-order valence-electron chi connectivity index (χ1n) is 7.28. The maximum Gasteiger partial charge on any atom is 0.0940 e. The number of benzene rings is 1. The Labute approximate surface area is 125 Å². The Morgan fingerprint density at radius 3 is 2.90 bits per heavy atom. The molecule has 0 bridgehead atoms. The highest BCUT2D eigenvalue weighted by Gasteiger charge is 2.38. The summed E-state index contributed by atoms with van der Waals surface area (Å²) in [6.45, 7) is 7.77. The van der Waals surface area contributed by atoms with E-state index >= 15 is 0 Å². The lowest BCUT2D eigenvalue weighted by atomic mass is 9.85. The lowest BCUT2D eigenvalue weighted by Gasteiger charge is -2.28. The van der Waals surface area contributed by atoms with Crippen LogP contribution in [-0.4, -0.2) is 11.5 Å². The highest BCUT2D eigenvalue weighted by atomic mass is 32.1. The Kier molecular flexibility index (Phi) is 3.65. The number of fused-ring (bicyclic) bond motifs is 1. The number of rotatable bonds is 4. The molecule has 1 aromatic heterocycles. The first-order chi connectivity index (χ1) is 9.56. The molecular formula is C17H22N2S. The Bertz CT molecular complexity index is 601. The molecule has 3 rings (SSSR count). The standard InChI is InChI=1S/C17H22N2S/c1-12-11-20-15(19-12)8-9-18-16-14-7-5-4-6-13(14)10-17(16,2)3/h4-7,11,16,18H,8-10H2,1-3H3. The van der Waals surface area contributed by atoms with Gasteiger partial charge in [0.1, 0.15) is 0 Å². The molecule has 2 nitrogen and oxygen atoms in total. The van der Waals surface area contributed by atoms with Crippen LogP contribution in [0.5, 0.6) is 0 Å². The molecule has 1 unspecified atom stereocenters. The van der Waals surface area contributed by atoms with Crippen molar-refractivity contribution in [3.8, 4) is 0 Å². The molecule has 1 atom stereocenters. The highest BCUT2D eigenvalue weighted by molar-refractivity contribution is 7.09. The van der Waals surface area contributed by atoms with E-state index in [-0.39, 0.29) is 0 Å². The second kappa shape index (κ2) is 5.30. The molecule has 0 fully saturated rings. The topological polar surface area (TPSA) is 24.9 Å². The fourth-order valence-electron chi connectivity index (χ4n) is 3.22. The van der Waals surface area contributed by atoms with E-state index in [1.165, 1.54) is 16.1 Å². The highest BCUT2D eigenvalue weighted by Crippen LogP contribution is 2.44. The first-order valence-corrected chi connectivity index (χ1v) is 8.16. The van der Waals surface area contributed by atoms with E-state index < -0.39 is 0 Å². The van der Waals surface area contributed by atoms with E-state index in [0.717, 1.165) is 25.1 Å². The van der Waals surface area contributed by atoms with Crippen molar-refractivity contribution in [1.29, 1.82) is 0 Å². The van der Waals surface area contributed by atoms with Crippen LogP contribution in [0.25, 0.3) is 0 Å². The maximum absolute atomic E-state index is 4.53. The summed E-state index contributed by atoms with van der Waals surface area (Å²) in [6.07, 6.45) is 2.18. The minimum atomic E-state index is 0.294. The van der Waals surface area contributed by atoms with Gasteiger partial charge in [-0.15, -0.1) is 11.3 Å². The zero-order valence-electron chi connectivity index (χ0n) is 12.4. The second-order valence-electron chi connectivity index (χ2n) is 6.38. The molecule has 106 valence electrons. The van der Waals surface area contributed by atoms with Gasteiger partial charge in [0, 0.05) is 30.1 Å². The van der Waals surface area contributed by atoms with Crippen molar-refractivity contribution in [2.45, 2.75) is 39.7 Å². The Morgan fingerprint density at radius 1 is 1.35 bits per heavy atom. The molecule has 0 saturated heterocycles. The number of nitrogens with zero attached hydrogens (tertiary/aromatic N) is 1. The van der Waals surface area contributed by atoms with Gasteiger partial charge in [-0.25, -0.2) is 4.98 Å². The lowest BCUT2D eigenvalue weighted by molar-refractivity contribution is 0.271. The van der Waals surface area contributed by atoms with E-state index in [1.807, 2.05) is 0 Å². The molecule has 20 heavy (non-hydrogen) atoms. The summed E-state index contributed by atoms with van der Waals surface area (Å²) in [6, 6.07) is 9.30. The van der Waals surface area contributed by atoms with Crippen LogP contribution in [-0.2, 0) is 12.8 Å². The van der Waals surface area contributed by atoms with E-state index in [9.17, 15) is 0 Å². The fourth-order valence-corrected chi connectivity index (χ4v) is 3.99. The van der Waals surface area contributed by atoms with Crippen molar-refractivity contribution < 1.29 is 0 Å². The molecular weight excluding hydrogens is 264 g/mol. The van der Waals surface area contributed by atoms with Crippen molar-refractivity contribution in [1.82, 2.24) is 10.3 Å². The fraction of sp³-hybridized carbons (Fsp3) is 0.471. The van der Waals surface area contributed by atoms with Gasteiger partial charge in [0.25, 0.3) is 0 Å². The van der Waals surface area contributed by atoms with Gasteiger partial charge < -0.3 is 5.32 Å². The van der Waals surface area contributed by atoms with Crippen LogP contribution < -0.4 is 5.32 Å². The predicted molar refractivity (Wildman–Crippen MR) is 85.2 cm³/mol. The third kappa shape index (κ3) is 2.65. The maximum atomic E-state index is 4.53. The van der Waals surface area contributed by atoms with Crippen LogP contribution in [0.1, 0.15) is 41.7 Å². The minimum Gasteiger partial charge on any atom is -0.309 e. The Morgan fingerprint density at radius 2 is 2.15 bits per heavy atom. The lowest BCUT2D eigenvalue weighted by Crippen LogP contribution is -2.32. The average molecular weight is 286 g/mol. The van der Waals surface area contributed by atoms with E-state index in [0.29, 0.717) is 11.5 Å². The van der Waals surface area contributed by atoms with Crippen LogP contribution >= 0.6 is 11.3 Å². The molecule has 0 radical (unpaired) electrons. The zero-order valence-corrected chi connectivity index (χ0v) is 13.3. The van der Waals surface area contributed by atoms with Crippen molar-refractivity contribution in [3.63, 3.8) is 0 Å². The van der Waals surface area contributed by atoms with Crippen LogP contribution in [0.2, 0.25) is 0 Å². The predicted octanol–water partition coefficient (Wildman–Crippen LogP) is 3.91. The summed E-state index contributed by atoms with van der Waals surface area (Å²) < 4.78 is 0. The number of aromatic nitrogens is 1. The summed E-state index contributed by atoms with van der Waals surface area (Å²) in [5, 5.41) is 7.12. The summed E-state index contributed by atoms with van der Waals surface area (Å²) in [4.78, 5) is 4.53. The first kappa shape index (κ1) is 13.8. The molecule has 0 saturated carbocycles. The van der Waals surface area contributed by atoms with E-state index in [1.54, 1.807) is 11.3 Å². The van der Waals surface area contributed by atoms with Crippen LogP contribution in [0.4, 0.5) is 0 Å². The second-order valence-corrected chi connectivity index (χ2v) is 7.33. The normalized spacial score (nSPS) is 20.1. The van der Waals surface area contributed by atoms with Gasteiger partial charge in [0.15, 0.2) is 0 Å². The van der Waals surface area contributed by atoms with Crippen LogP contribution in [0, 0.1) is 12.3 Å². The van der Waals surface area contributed by atoms with Crippen molar-refractivity contribution in [2.24, 2.45) is 5.41 Å². The van der Waals surface area contributed by atoms with Gasteiger partial charge in [0.2, 0.25) is 0 Å². The number of hydrogen-bond acceptors (Lipinski definition) is 3. The third-order valence-corrected chi connectivity index (χ3v) is 5.17. The summed E-state index contributed by atoms with van der Waals surface area (Å²) >= 11 is 1.77. The molecule has 2 aromatic rings. The largest absolute Gasteiger partial charge is 0.309 e.